The van der Waals surface area contributed by atoms with E-state index in [1.165, 1.54) is 29.0 Å². The Kier molecular flexibility index (Phi) is 2.95. The zero-order valence-corrected chi connectivity index (χ0v) is 10.8. The summed E-state index contributed by atoms with van der Waals surface area (Å²) in [6, 6.07) is 10.9. The Morgan fingerprint density at radius 1 is 1.29 bits per heavy atom. The normalized spacial score (nSPS) is 19.7. The summed E-state index contributed by atoms with van der Waals surface area (Å²) < 4.78 is 0. The van der Waals surface area contributed by atoms with Crippen LogP contribution in [-0.2, 0) is 0 Å². The second kappa shape index (κ2) is 4.59. The predicted molar refractivity (Wildman–Crippen MR) is 72.3 cm³/mol. The van der Waals surface area contributed by atoms with Gasteiger partial charge in [0.25, 0.3) is 0 Å². The fraction of sp³-hybridized carbons (Fsp3) is 0.357. The molecule has 1 aromatic heterocycles. The van der Waals surface area contributed by atoms with Gasteiger partial charge in [-0.3, -0.25) is 0 Å². The second-order valence-electron chi connectivity index (χ2n) is 4.48. The summed E-state index contributed by atoms with van der Waals surface area (Å²) in [5.41, 5.74) is 2.48. The van der Waals surface area contributed by atoms with Crippen molar-refractivity contribution in [2.24, 2.45) is 0 Å². The maximum Gasteiger partial charge on any atom is 0.123 e. The highest BCUT2D eigenvalue weighted by Crippen LogP contribution is 2.33. The molecule has 3 heteroatoms. The molecule has 88 valence electrons. The van der Waals surface area contributed by atoms with E-state index in [1.54, 1.807) is 11.3 Å². The summed E-state index contributed by atoms with van der Waals surface area (Å²) in [6.07, 6.45) is 2.49. The van der Waals surface area contributed by atoms with Gasteiger partial charge in [0, 0.05) is 10.4 Å². The van der Waals surface area contributed by atoms with E-state index in [0.717, 1.165) is 11.6 Å². The number of rotatable bonds is 2. The first-order valence-electron chi connectivity index (χ1n) is 6.11. The zero-order valence-electron chi connectivity index (χ0n) is 9.94. The Balaban J connectivity index is 1.95. The molecule has 1 unspecified atom stereocenters. The minimum absolute atomic E-state index is 0.476. The van der Waals surface area contributed by atoms with Crippen molar-refractivity contribution >= 4 is 11.3 Å². The van der Waals surface area contributed by atoms with Crippen LogP contribution in [0.25, 0.3) is 10.6 Å². The van der Waals surface area contributed by atoms with Gasteiger partial charge >= 0.3 is 0 Å². The van der Waals surface area contributed by atoms with Crippen molar-refractivity contribution in [3.8, 4) is 10.6 Å². The molecule has 0 amide bonds. The lowest BCUT2D eigenvalue weighted by Gasteiger charge is -2.07. The maximum atomic E-state index is 4.82. The number of hydrogen-bond acceptors (Lipinski definition) is 3. The second-order valence-corrected chi connectivity index (χ2v) is 5.68. The molecule has 0 radical (unpaired) electrons. The fourth-order valence-corrected chi connectivity index (χ4v) is 3.33. The van der Waals surface area contributed by atoms with Crippen molar-refractivity contribution in [1.82, 2.24) is 10.3 Å². The predicted octanol–water partition coefficient (Wildman–Crippen LogP) is 3.54. The van der Waals surface area contributed by atoms with E-state index in [4.69, 9.17) is 4.98 Å². The smallest absolute Gasteiger partial charge is 0.123 e. The van der Waals surface area contributed by atoms with Crippen molar-refractivity contribution < 1.29 is 0 Å². The van der Waals surface area contributed by atoms with Gasteiger partial charge in [-0.25, -0.2) is 4.98 Å². The lowest BCUT2D eigenvalue weighted by molar-refractivity contribution is 0.629. The molecule has 1 aromatic carbocycles. The Hall–Kier alpha value is -1.19. The number of benzene rings is 1. The number of aromatic nitrogens is 1. The number of aryl methyl sites for hydroxylation is 1. The Labute approximate surface area is 106 Å². The molecular weight excluding hydrogens is 228 g/mol. The summed E-state index contributed by atoms with van der Waals surface area (Å²) in [7, 11) is 0. The first-order valence-corrected chi connectivity index (χ1v) is 6.92. The van der Waals surface area contributed by atoms with Crippen LogP contribution < -0.4 is 5.32 Å². The minimum Gasteiger partial charge on any atom is -0.309 e. The molecule has 2 nitrogen and oxygen atoms in total. The Bertz CT molecular complexity index is 498. The van der Waals surface area contributed by atoms with E-state index < -0.39 is 0 Å². The molecule has 3 rings (SSSR count). The molecule has 1 N–H and O–H groups in total. The van der Waals surface area contributed by atoms with Gasteiger partial charge in [0.15, 0.2) is 0 Å². The maximum absolute atomic E-state index is 4.82. The topological polar surface area (TPSA) is 24.9 Å². The first kappa shape index (κ1) is 10.9. The van der Waals surface area contributed by atoms with Crippen LogP contribution in [0.5, 0.6) is 0 Å². The molecule has 2 aromatic rings. The fourth-order valence-electron chi connectivity index (χ4n) is 2.35. The van der Waals surface area contributed by atoms with Crippen LogP contribution in [0.4, 0.5) is 0 Å². The molecule has 1 atom stereocenters. The van der Waals surface area contributed by atoms with Gasteiger partial charge < -0.3 is 5.32 Å². The standard InChI is InChI=1S/C14H16N2S/c1-10-13(12-8-5-9-15-12)16-14(17-10)11-6-3-2-4-7-11/h2-4,6-7,12,15H,5,8-9H2,1H3. The molecular formula is C14H16N2S. The van der Waals surface area contributed by atoms with E-state index in [0.29, 0.717) is 6.04 Å². The highest BCUT2D eigenvalue weighted by Gasteiger charge is 2.21. The van der Waals surface area contributed by atoms with Gasteiger partial charge in [0.2, 0.25) is 0 Å². The van der Waals surface area contributed by atoms with Gasteiger partial charge in [-0.1, -0.05) is 30.3 Å². The molecule has 1 saturated heterocycles. The number of thiazole rings is 1. The Morgan fingerprint density at radius 2 is 2.12 bits per heavy atom. The Morgan fingerprint density at radius 3 is 2.82 bits per heavy atom. The van der Waals surface area contributed by atoms with E-state index >= 15 is 0 Å². The van der Waals surface area contributed by atoms with Gasteiger partial charge in [-0.15, -0.1) is 11.3 Å². The van der Waals surface area contributed by atoms with Crippen LogP contribution in [0.15, 0.2) is 30.3 Å². The van der Waals surface area contributed by atoms with Gasteiger partial charge in [-0.2, -0.15) is 0 Å². The summed E-state index contributed by atoms with van der Waals surface area (Å²) in [5.74, 6) is 0. The van der Waals surface area contributed by atoms with Crippen molar-refractivity contribution in [1.29, 1.82) is 0 Å². The van der Waals surface area contributed by atoms with Crippen molar-refractivity contribution in [2.75, 3.05) is 6.54 Å². The van der Waals surface area contributed by atoms with Crippen LogP contribution in [0.1, 0.15) is 29.5 Å². The monoisotopic (exact) mass is 244 g/mol. The van der Waals surface area contributed by atoms with Crippen LogP contribution in [0, 0.1) is 6.92 Å². The average molecular weight is 244 g/mol. The van der Waals surface area contributed by atoms with Crippen LogP contribution in [-0.4, -0.2) is 11.5 Å². The molecule has 1 aliphatic rings. The molecule has 1 aliphatic heterocycles. The highest BCUT2D eigenvalue weighted by molar-refractivity contribution is 7.15. The molecule has 2 heterocycles. The quantitative estimate of drug-likeness (QED) is 0.874. The number of hydrogen-bond donors (Lipinski definition) is 1. The summed E-state index contributed by atoms with van der Waals surface area (Å²) in [5, 5.41) is 4.67. The van der Waals surface area contributed by atoms with Crippen LogP contribution in [0.3, 0.4) is 0 Å². The average Bonchev–Trinajstić information content (AvgIpc) is 2.99. The van der Waals surface area contributed by atoms with Crippen LogP contribution >= 0.6 is 11.3 Å². The zero-order chi connectivity index (χ0) is 11.7. The highest BCUT2D eigenvalue weighted by atomic mass is 32.1. The summed E-state index contributed by atoms with van der Waals surface area (Å²) in [4.78, 5) is 6.17. The first-order chi connectivity index (χ1) is 8.34. The third kappa shape index (κ3) is 2.13. The molecule has 1 fully saturated rings. The lowest BCUT2D eigenvalue weighted by atomic mass is 10.1. The van der Waals surface area contributed by atoms with Gasteiger partial charge in [0.1, 0.15) is 5.01 Å². The van der Waals surface area contributed by atoms with E-state index in [1.807, 2.05) is 6.07 Å². The van der Waals surface area contributed by atoms with Crippen molar-refractivity contribution in [2.45, 2.75) is 25.8 Å². The molecule has 0 aliphatic carbocycles. The third-order valence-corrected chi connectivity index (χ3v) is 4.28. The molecule has 0 bridgehead atoms. The SMILES string of the molecule is Cc1sc(-c2ccccc2)nc1C1CCCN1. The van der Waals surface area contributed by atoms with E-state index in [-0.39, 0.29) is 0 Å². The lowest BCUT2D eigenvalue weighted by Crippen LogP contribution is -2.13. The van der Waals surface area contributed by atoms with E-state index in [9.17, 15) is 0 Å². The molecule has 0 spiro atoms. The van der Waals surface area contributed by atoms with Crippen molar-refractivity contribution in [3.63, 3.8) is 0 Å². The van der Waals surface area contributed by atoms with Crippen molar-refractivity contribution in [3.05, 3.63) is 40.9 Å². The van der Waals surface area contributed by atoms with Gasteiger partial charge in [0.05, 0.1) is 11.7 Å². The summed E-state index contributed by atoms with van der Waals surface area (Å²) in [6.45, 7) is 3.31. The van der Waals surface area contributed by atoms with Gasteiger partial charge in [-0.05, 0) is 26.3 Å². The number of nitrogens with one attached hydrogen (secondary N) is 1. The van der Waals surface area contributed by atoms with E-state index in [2.05, 4.69) is 36.5 Å². The van der Waals surface area contributed by atoms with Crippen LogP contribution in [0.2, 0.25) is 0 Å². The third-order valence-electron chi connectivity index (χ3n) is 3.24. The molecule has 0 saturated carbocycles. The minimum atomic E-state index is 0.476. The largest absolute Gasteiger partial charge is 0.309 e. The summed E-state index contributed by atoms with van der Waals surface area (Å²) >= 11 is 1.80. The number of nitrogens with zero attached hydrogens (tertiary/aromatic N) is 1. The molecule has 17 heavy (non-hydrogen) atoms.